The first-order valence-electron chi connectivity index (χ1n) is 9.92. The zero-order valence-corrected chi connectivity index (χ0v) is 16.9. The van der Waals surface area contributed by atoms with E-state index in [0.717, 1.165) is 31.9 Å². The summed E-state index contributed by atoms with van der Waals surface area (Å²) < 4.78 is 5.63. The Bertz CT molecular complexity index is 838. The van der Waals surface area contributed by atoms with Crippen molar-refractivity contribution >= 4 is 17.5 Å². The molecule has 0 aliphatic carbocycles. The molecule has 148 valence electrons. The van der Waals surface area contributed by atoms with Gasteiger partial charge in [0.2, 0.25) is 0 Å². The van der Waals surface area contributed by atoms with Crippen LogP contribution in [0, 0.1) is 5.92 Å². The average molecular weight is 400 g/mol. The molecule has 6 heteroatoms. The van der Waals surface area contributed by atoms with Gasteiger partial charge in [0.05, 0.1) is 12.7 Å². The lowest BCUT2D eigenvalue weighted by Crippen LogP contribution is -2.32. The number of methoxy groups -OCH3 is 1. The molecule has 5 nitrogen and oxygen atoms in total. The number of pyridine rings is 1. The number of rotatable bonds is 5. The number of carbonyl (C=O) groups is 1. The Morgan fingerprint density at radius 3 is 2.71 bits per heavy atom. The number of halogens is 1. The Morgan fingerprint density at radius 1 is 1.18 bits per heavy atom. The van der Waals surface area contributed by atoms with E-state index in [1.165, 1.54) is 18.4 Å². The molecule has 2 aromatic rings. The second kappa shape index (κ2) is 8.50. The van der Waals surface area contributed by atoms with Crippen LogP contribution < -0.4 is 4.74 Å². The lowest BCUT2D eigenvalue weighted by Gasteiger charge is -2.25. The van der Waals surface area contributed by atoms with Crippen molar-refractivity contribution in [2.75, 3.05) is 39.8 Å². The summed E-state index contributed by atoms with van der Waals surface area (Å²) in [5.74, 6) is 1.47. The molecule has 1 amide bonds. The summed E-state index contributed by atoms with van der Waals surface area (Å²) in [6.07, 6.45) is 4.14. The van der Waals surface area contributed by atoms with Gasteiger partial charge >= 0.3 is 0 Å². The maximum Gasteiger partial charge on any atom is 0.257 e. The van der Waals surface area contributed by atoms with Crippen LogP contribution in [-0.4, -0.2) is 60.5 Å². The van der Waals surface area contributed by atoms with Gasteiger partial charge in [-0.1, -0.05) is 29.8 Å². The summed E-state index contributed by atoms with van der Waals surface area (Å²) >= 11 is 6.19. The molecule has 4 rings (SSSR count). The van der Waals surface area contributed by atoms with E-state index in [9.17, 15) is 4.79 Å². The quantitative estimate of drug-likeness (QED) is 0.719. The molecule has 0 saturated carbocycles. The Morgan fingerprint density at radius 2 is 1.96 bits per heavy atom. The first-order valence-corrected chi connectivity index (χ1v) is 10.3. The number of carbonyl (C=O) groups excluding carboxylic acids is 1. The van der Waals surface area contributed by atoms with Gasteiger partial charge < -0.3 is 14.5 Å². The topological polar surface area (TPSA) is 45.7 Å². The van der Waals surface area contributed by atoms with Crippen LogP contribution >= 0.6 is 11.6 Å². The van der Waals surface area contributed by atoms with E-state index in [-0.39, 0.29) is 17.0 Å². The van der Waals surface area contributed by atoms with E-state index < -0.39 is 0 Å². The largest absolute Gasteiger partial charge is 0.496 e. The molecule has 2 unspecified atom stereocenters. The fourth-order valence-corrected chi connectivity index (χ4v) is 4.76. The molecule has 2 atom stereocenters. The second-order valence-electron chi connectivity index (χ2n) is 7.67. The average Bonchev–Trinajstić information content (AvgIpc) is 3.38. The van der Waals surface area contributed by atoms with Gasteiger partial charge in [-0.05, 0) is 55.6 Å². The fraction of sp³-hybridized carbons (Fsp3) is 0.455. The highest BCUT2D eigenvalue weighted by Crippen LogP contribution is 2.39. The van der Waals surface area contributed by atoms with Crippen molar-refractivity contribution < 1.29 is 9.53 Å². The Balaban J connectivity index is 1.61. The summed E-state index contributed by atoms with van der Waals surface area (Å²) in [7, 11) is 1.71. The van der Waals surface area contributed by atoms with Crippen molar-refractivity contribution in [3.05, 3.63) is 58.9 Å². The van der Waals surface area contributed by atoms with Crippen molar-refractivity contribution in [1.29, 1.82) is 0 Å². The van der Waals surface area contributed by atoms with Gasteiger partial charge in [0.15, 0.2) is 0 Å². The molecule has 28 heavy (non-hydrogen) atoms. The summed E-state index contributed by atoms with van der Waals surface area (Å²) in [4.78, 5) is 21.7. The SMILES string of the molecule is COc1ccccc1C1CN(C(=O)c2cccnc2Cl)CC1CN1CCCC1. The van der Waals surface area contributed by atoms with Gasteiger partial charge in [-0.25, -0.2) is 4.98 Å². The van der Waals surface area contributed by atoms with Crippen LogP contribution in [0.15, 0.2) is 42.6 Å². The van der Waals surface area contributed by atoms with Crippen LogP contribution in [0.25, 0.3) is 0 Å². The molecule has 2 saturated heterocycles. The van der Waals surface area contributed by atoms with Crippen molar-refractivity contribution in [2.45, 2.75) is 18.8 Å². The van der Waals surface area contributed by atoms with Crippen molar-refractivity contribution in [1.82, 2.24) is 14.8 Å². The van der Waals surface area contributed by atoms with Gasteiger partial charge in [0, 0.05) is 31.7 Å². The fourth-order valence-electron chi connectivity index (χ4n) is 4.56. The van der Waals surface area contributed by atoms with Gasteiger partial charge in [-0.3, -0.25) is 4.79 Å². The van der Waals surface area contributed by atoms with Crippen LogP contribution in [0.5, 0.6) is 5.75 Å². The highest BCUT2D eigenvalue weighted by molar-refractivity contribution is 6.32. The number of aromatic nitrogens is 1. The van der Waals surface area contributed by atoms with E-state index in [4.69, 9.17) is 16.3 Å². The Labute approximate surface area is 171 Å². The minimum Gasteiger partial charge on any atom is -0.496 e. The molecule has 2 aliphatic heterocycles. The third-order valence-electron chi connectivity index (χ3n) is 5.95. The number of likely N-dealkylation sites (tertiary alicyclic amines) is 2. The summed E-state index contributed by atoms with van der Waals surface area (Å²) in [5.41, 5.74) is 1.66. The minimum absolute atomic E-state index is 0.0399. The molecule has 2 aliphatic rings. The molecule has 3 heterocycles. The molecule has 0 radical (unpaired) electrons. The van der Waals surface area contributed by atoms with E-state index in [1.54, 1.807) is 25.4 Å². The van der Waals surface area contributed by atoms with Crippen molar-refractivity contribution in [3.63, 3.8) is 0 Å². The Kier molecular flexibility index (Phi) is 5.83. The van der Waals surface area contributed by atoms with Crippen LogP contribution in [0.1, 0.15) is 34.7 Å². The molecule has 2 fully saturated rings. The van der Waals surface area contributed by atoms with Gasteiger partial charge in [-0.15, -0.1) is 0 Å². The third kappa shape index (κ3) is 3.87. The number of hydrogen-bond acceptors (Lipinski definition) is 4. The number of ether oxygens (including phenoxy) is 1. The number of amides is 1. The summed E-state index contributed by atoms with van der Waals surface area (Å²) in [6, 6.07) is 11.7. The molecular formula is C22H26ClN3O2. The lowest BCUT2D eigenvalue weighted by atomic mass is 9.88. The second-order valence-corrected chi connectivity index (χ2v) is 8.03. The number of para-hydroxylation sites is 1. The van der Waals surface area contributed by atoms with Gasteiger partial charge in [0.25, 0.3) is 5.91 Å². The predicted octanol–water partition coefficient (Wildman–Crippen LogP) is 3.70. The van der Waals surface area contributed by atoms with Crippen LogP contribution in [-0.2, 0) is 0 Å². The zero-order chi connectivity index (χ0) is 19.5. The lowest BCUT2D eigenvalue weighted by molar-refractivity contribution is 0.0783. The molecule has 0 spiro atoms. The minimum atomic E-state index is -0.0399. The zero-order valence-electron chi connectivity index (χ0n) is 16.2. The van der Waals surface area contributed by atoms with E-state index in [2.05, 4.69) is 16.0 Å². The highest BCUT2D eigenvalue weighted by Gasteiger charge is 2.39. The molecule has 1 aromatic heterocycles. The van der Waals surface area contributed by atoms with Crippen molar-refractivity contribution in [3.8, 4) is 5.75 Å². The highest BCUT2D eigenvalue weighted by atomic mass is 35.5. The van der Waals surface area contributed by atoms with Gasteiger partial charge in [0.1, 0.15) is 10.9 Å². The monoisotopic (exact) mass is 399 g/mol. The molecule has 0 bridgehead atoms. The smallest absolute Gasteiger partial charge is 0.257 e. The molecule has 0 N–H and O–H groups in total. The Hall–Kier alpha value is -2.11. The van der Waals surface area contributed by atoms with E-state index >= 15 is 0 Å². The van der Waals surface area contributed by atoms with Crippen LogP contribution in [0.2, 0.25) is 5.15 Å². The number of nitrogens with zero attached hydrogens (tertiary/aromatic N) is 3. The van der Waals surface area contributed by atoms with E-state index in [1.807, 2.05) is 23.1 Å². The normalized spacial score (nSPS) is 22.6. The number of hydrogen-bond donors (Lipinski definition) is 0. The van der Waals surface area contributed by atoms with E-state index in [0.29, 0.717) is 18.0 Å². The van der Waals surface area contributed by atoms with Crippen molar-refractivity contribution in [2.24, 2.45) is 5.92 Å². The maximum atomic E-state index is 13.1. The summed E-state index contributed by atoms with van der Waals surface area (Å²) in [5, 5.41) is 0.268. The number of benzene rings is 1. The van der Waals surface area contributed by atoms with Crippen LogP contribution in [0.3, 0.4) is 0 Å². The molecular weight excluding hydrogens is 374 g/mol. The maximum absolute atomic E-state index is 13.1. The predicted molar refractivity (Wildman–Crippen MR) is 110 cm³/mol. The third-order valence-corrected chi connectivity index (χ3v) is 6.25. The first kappa shape index (κ1) is 19.2. The first-order chi connectivity index (χ1) is 13.7. The van der Waals surface area contributed by atoms with Gasteiger partial charge in [-0.2, -0.15) is 0 Å². The summed E-state index contributed by atoms with van der Waals surface area (Å²) in [6.45, 7) is 4.70. The standard InChI is InChI=1S/C22H26ClN3O2/c1-28-20-9-3-2-7-17(20)19-15-26(14-16(19)13-25-11-4-5-12-25)22(27)18-8-6-10-24-21(18)23/h2-3,6-10,16,19H,4-5,11-15H2,1H3. The molecule has 1 aromatic carbocycles. The van der Waals surface area contributed by atoms with Crippen LogP contribution in [0.4, 0.5) is 0 Å².